The van der Waals surface area contributed by atoms with Crippen LogP contribution < -0.4 is 5.32 Å². The molecule has 0 aliphatic carbocycles. The van der Waals surface area contributed by atoms with Crippen LogP contribution >= 0.6 is 15.9 Å². The van der Waals surface area contributed by atoms with Gasteiger partial charge in [-0.1, -0.05) is 15.9 Å². The van der Waals surface area contributed by atoms with Gasteiger partial charge in [0.15, 0.2) is 0 Å². The molecule has 3 nitrogen and oxygen atoms in total. The maximum Gasteiger partial charge on any atom is 0.128 e. The fourth-order valence-electron chi connectivity index (χ4n) is 2.40. The molecule has 1 heterocycles. The summed E-state index contributed by atoms with van der Waals surface area (Å²) in [5, 5.41) is 3.39. The number of halogens is 2. The van der Waals surface area contributed by atoms with E-state index in [0.29, 0.717) is 5.56 Å². The van der Waals surface area contributed by atoms with Crippen molar-refractivity contribution in [3.05, 3.63) is 34.1 Å². The van der Waals surface area contributed by atoms with Gasteiger partial charge in [0.1, 0.15) is 5.82 Å². The van der Waals surface area contributed by atoms with E-state index in [0.717, 1.165) is 50.3 Å². The molecule has 0 saturated carbocycles. The molecular formula is C15H22BrFN2O. The van der Waals surface area contributed by atoms with Gasteiger partial charge in [-0.15, -0.1) is 0 Å². The first-order valence-corrected chi connectivity index (χ1v) is 7.94. The smallest absolute Gasteiger partial charge is 0.128 e. The summed E-state index contributed by atoms with van der Waals surface area (Å²) in [5.74, 6) is -0.152. The molecule has 1 atom stereocenters. The van der Waals surface area contributed by atoms with Gasteiger partial charge in [0.05, 0.1) is 13.2 Å². The predicted octanol–water partition coefficient (Wildman–Crippen LogP) is 2.96. The van der Waals surface area contributed by atoms with Crippen molar-refractivity contribution in [2.24, 2.45) is 0 Å². The minimum atomic E-state index is -0.152. The minimum Gasteiger partial charge on any atom is -0.379 e. The van der Waals surface area contributed by atoms with E-state index >= 15 is 0 Å². The molecule has 20 heavy (non-hydrogen) atoms. The van der Waals surface area contributed by atoms with Crippen LogP contribution in [0.3, 0.4) is 0 Å². The number of nitrogens with one attached hydrogen (secondary N) is 1. The number of rotatable bonds is 6. The van der Waals surface area contributed by atoms with Gasteiger partial charge in [-0.25, -0.2) is 4.39 Å². The Hall–Kier alpha value is -0.490. The third-order valence-corrected chi connectivity index (χ3v) is 4.12. The zero-order chi connectivity index (χ0) is 14.4. The van der Waals surface area contributed by atoms with Crippen LogP contribution in [0.5, 0.6) is 0 Å². The van der Waals surface area contributed by atoms with Crippen molar-refractivity contribution in [3.8, 4) is 0 Å². The summed E-state index contributed by atoms with van der Waals surface area (Å²) in [7, 11) is 0. The Kier molecular flexibility index (Phi) is 6.42. The fourth-order valence-corrected chi connectivity index (χ4v) is 2.78. The van der Waals surface area contributed by atoms with Crippen LogP contribution in [0.25, 0.3) is 0 Å². The molecule has 1 aliphatic heterocycles. The number of morpholine rings is 1. The SMILES string of the molecule is CC(NCCCN1CCOCC1)c1cc(Br)ccc1F. The van der Waals surface area contributed by atoms with E-state index < -0.39 is 0 Å². The van der Waals surface area contributed by atoms with Crippen LogP contribution in [0.15, 0.2) is 22.7 Å². The number of ether oxygens (including phenoxy) is 1. The molecule has 0 aromatic heterocycles. The number of hydrogen-bond donors (Lipinski definition) is 1. The lowest BCUT2D eigenvalue weighted by molar-refractivity contribution is 0.0374. The van der Waals surface area contributed by atoms with Crippen molar-refractivity contribution in [1.82, 2.24) is 10.2 Å². The van der Waals surface area contributed by atoms with Gasteiger partial charge in [-0.2, -0.15) is 0 Å². The Bertz CT molecular complexity index is 424. The summed E-state index contributed by atoms with van der Waals surface area (Å²) in [6.45, 7) is 7.69. The molecule has 1 N–H and O–H groups in total. The molecule has 2 rings (SSSR count). The normalized spacial score (nSPS) is 18.1. The quantitative estimate of drug-likeness (QED) is 0.803. The summed E-state index contributed by atoms with van der Waals surface area (Å²) in [6, 6.07) is 5.10. The molecule has 0 bridgehead atoms. The van der Waals surface area contributed by atoms with Crippen molar-refractivity contribution in [1.29, 1.82) is 0 Å². The summed E-state index contributed by atoms with van der Waals surface area (Å²) >= 11 is 3.39. The lowest BCUT2D eigenvalue weighted by atomic mass is 10.1. The van der Waals surface area contributed by atoms with E-state index in [1.807, 2.05) is 13.0 Å². The summed E-state index contributed by atoms with van der Waals surface area (Å²) in [4.78, 5) is 2.41. The van der Waals surface area contributed by atoms with E-state index in [1.165, 1.54) is 6.07 Å². The second kappa shape index (κ2) is 8.08. The average molecular weight is 345 g/mol. The van der Waals surface area contributed by atoms with E-state index in [9.17, 15) is 4.39 Å². The maximum atomic E-state index is 13.7. The molecule has 0 radical (unpaired) electrons. The first-order chi connectivity index (χ1) is 9.66. The van der Waals surface area contributed by atoms with Crippen molar-refractivity contribution in [3.63, 3.8) is 0 Å². The monoisotopic (exact) mass is 344 g/mol. The highest BCUT2D eigenvalue weighted by Gasteiger charge is 2.12. The Labute approximate surface area is 128 Å². The molecule has 1 aromatic rings. The second-order valence-electron chi connectivity index (χ2n) is 5.15. The van der Waals surface area contributed by atoms with Gasteiger partial charge in [-0.05, 0) is 44.6 Å². The highest BCUT2D eigenvalue weighted by molar-refractivity contribution is 9.10. The molecule has 0 amide bonds. The van der Waals surface area contributed by atoms with Crippen molar-refractivity contribution < 1.29 is 9.13 Å². The number of hydrogen-bond acceptors (Lipinski definition) is 3. The van der Waals surface area contributed by atoms with Crippen LogP contribution in [-0.2, 0) is 4.74 Å². The van der Waals surface area contributed by atoms with Crippen molar-refractivity contribution in [2.75, 3.05) is 39.4 Å². The Morgan fingerprint density at radius 2 is 2.15 bits per heavy atom. The van der Waals surface area contributed by atoms with Crippen LogP contribution in [0.1, 0.15) is 24.9 Å². The topological polar surface area (TPSA) is 24.5 Å². The molecule has 1 fully saturated rings. The molecule has 1 saturated heterocycles. The third-order valence-electron chi connectivity index (χ3n) is 3.63. The van der Waals surface area contributed by atoms with Crippen LogP contribution in [-0.4, -0.2) is 44.3 Å². The summed E-state index contributed by atoms with van der Waals surface area (Å²) in [6.07, 6.45) is 1.07. The van der Waals surface area contributed by atoms with E-state index in [4.69, 9.17) is 4.74 Å². The Morgan fingerprint density at radius 1 is 1.40 bits per heavy atom. The minimum absolute atomic E-state index is 0.0252. The zero-order valence-electron chi connectivity index (χ0n) is 11.9. The highest BCUT2D eigenvalue weighted by atomic mass is 79.9. The first kappa shape index (κ1) is 15.9. The number of nitrogens with zero attached hydrogens (tertiary/aromatic N) is 1. The highest BCUT2D eigenvalue weighted by Crippen LogP contribution is 2.21. The molecule has 1 aliphatic rings. The average Bonchev–Trinajstić information content (AvgIpc) is 2.47. The van der Waals surface area contributed by atoms with Gasteiger partial charge in [0.2, 0.25) is 0 Å². The molecular weight excluding hydrogens is 323 g/mol. The third kappa shape index (κ3) is 4.81. The van der Waals surface area contributed by atoms with Gasteiger partial charge < -0.3 is 10.1 Å². The maximum absolute atomic E-state index is 13.7. The largest absolute Gasteiger partial charge is 0.379 e. The Morgan fingerprint density at radius 3 is 2.90 bits per heavy atom. The van der Waals surface area contributed by atoms with Gasteiger partial charge in [0, 0.05) is 29.2 Å². The molecule has 5 heteroatoms. The lowest BCUT2D eigenvalue weighted by Crippen LogP contribution is -2.37. The van der Waals surface area contributed by atoms with Gasteiger partial charge in [0.25, 0.3) is 0 Å². The van der Waals surface area contributed by atoms with E-state index in [1.54, 1.807) is 6.07 Å². The van der Waals surface area contributed by atoms with E-state index in [2.05, 4.69) is 26.1 Å². The lowest BCUT2D eigenvalue weighted by Gasteiger charge is -2.26. The fraction of sp³-hybridized carbons (Fsp3) is 0.600. The molecule has 1 aromatic carbocycles. The first-order valence-electron chi connectivity index (χ1n) is 7.15. The van der Waals surface area contributed by atoms with Gasteiger partial charge >= 0.3 is 0 Å². The van der Waals surface area contributed by atoms with E-state index in [-0.39, 0.29) is 11.9 Å². The van der Waals surface area contributed by atoms with Gasteiger partial charge in [-0.3, -0.25) is 4.90 Å². The molecule has 112 valence electrons. The summed E-state index contributed by atoms with van der Waals surface area (Å²) in [5.41, 5.74) is 0.714. The number of benzene rings is 1. The predicted molar refractivity (Wildman–Crippen MR) is 82.4 cm³/mol. The van der Waals surface area contributed by atoms with Crippen molar-refractivity contribution >= 4 is 15.9 Å². The van der Waals surface area contributed by atoms with Crippen molar-refractivity contribution in [2.45, 2.75) is 19.4 Å². The second-order valence-corrected chi connectivity index (χ2v) is 6.06. The van der Waals surface area contributed by atoms with Crippen LogP contribution in [0.2, 0.25) is 0 Å². The standard InChI is InChI=1S/C15H22BrFN2O/c1-12(14-11-13(16)3-4-15(14)17)18-5-2-6-19-7-9-20-10-8-19/h3-4,11-12,18H,2,5-10H2,1H3. The molecule has 1 unspecified atom stereocenters. The summed E-state index contributed by atoms with van der Waals surface area (Å²) < 4.78 is 20.0. The van der Waals surface area contributed by atoms with Crippen LogP contribution in [0, 0.1) is 5.82 Å². The van der Waals surface area contributed by atoms with Crippen LogP contribution in [0.4, 0.5) is 4.39 Å². The Balaban J connectivity index is 1.71. The zero-order valence-corrected chi connectivity index (χ0v) is 13.5. The molecule has 0 spiro atoms.